The molecule has 1 aliphatic rings. The number of methoxy groups -OCH3 is 1. The molecule has 2 N–H and O–H groups in total. The predicted molar refractivity (Wildman–Crippen MR) is 76.1 cm³/mol. The molecule has 0 amide bonds. The summed E-state index contributed by atoms with van der Waals surface area (Å²) in [6.45, 7) is 8.00. The number of aliphatic imine (C=N–C) groups is 1. The molecule has 0 aromatic rings. The second-order valence-electron chi connectivity index (χ2n) is 4.91. The van der Waals surface area contributed by atoms with Gasteiger partial charge in [-0.1, -0.05) is 0 Å². The summed E-state index contributed by atoms with van der Waals surface area (Å²) in [6.07, 6.45) is 2.27. The van der Waals surface area contributed by atoms with Gasteiger partial charge in [0, 0.05) is 39.9 Å². The Bertz CT molecular complexity index is 245. The third-order valence-electron chi connectivity index (χ3n) is 3.16. The first-order valence-electron chi connectivity index (χ1n) is 6.96. The van der Waals surface area contributed by atoms with Gasteiger partial charge in [0.1, 0.15) is 0 Å². The van der Waals surface area contributed by atoms with Gasteiger partial charge in [-0.05, 0) is 39.3 Å². The van der Waals surface area contributed by atoms with E-state index in [0.717, 1.165) is 38.6 Å². The molecule has 18 heavy (non-hydrogen) atoms. The van der Waals surface area contributed by atoms with Crippen molar-refractivity contribution in [2.24, 2.45) is 10.9 Å². The molecule has 1 saturated heterocycles. The Morgan fingerprint density at radius 3 is 2.89 bits per heavy atom. The van der Waals surface area contributed by atoms with Crippen LogP contribution in [0.4, 0.5) is 0 Å². The normalized spacial score (nSPS) is 21.3. The summed E-state index contributed by atoms with van der Waals surface area (Å²) in [4.78, 5) is 7.03. The lowest BCUT2D eigenvalue weighted by Gasteiger charge is -2.13. The van der Waals surface area contributed by atoms with Crippen LogP contribution < -0.4 is 10.6 Å². The molecule has 1 unspecified atom stereocenters. The topological polar surface area (TPSA) is 48.9 Å². The number of guanidine groups is 1. The lowest BCUT2D eigenvalue weighted by Crippen LogP contribution is -2.38. The van der Waals surface area contributed by atoms with E-state index < -0.39 is 0 Å². The molecule has 0 aromatic heterocycles. The monoisotopic (exact) mass is 256 g/mol. The summed E-state index contributed by atoms with van der Waals surface area (Å²) in [5.41, 5.74) is 0. The minimum absolute atomic E-state index is 0.712. The van der Waals surface area contributed by atoms with Crippen molar-refractivity contribution in [2.75, 3.05) is 53.5 Å². The molecule has 5 heteroatoms. The molecule has 0 saturated carbocycles. The second kappa shape index (κ2) is 9.16. The molecule has 0 radical (unpaired) electrons. The van der Waals surface area contributed by atoms with Crippen LogP contribution in [0.5, 0.6) is 0 Å². The van der Waals surface area contributed by atoms with Gasteiger partial charge in [0.15, 0.2) is 5.96 Å². The number of ether oxygens (including phenoxy) is 1. The van der Waals surface area contributed by atoms with Gasteiger partial charge in [-0.25, -0.2) is 0 Å². The number of rotatable bonds is 7. The van der Waals surface area contributed by atoms with Crippen LogP contribution in [0.25, 0.3) is 0 Å². The molecule has 106 valence electrons. The van der Waals surface area contributed by atoms with Crippen molar-refractivity contribution in [3.8, 4) is 0 Å². The smallest absolute Gasteiger partial charge is 0.191 e. The number of likely N-dealkylation sites (tertiary alicyclic amines) is 1. The molecule has 1 fully saturated rings. The molecule has 0 aromatic carbocycles. The lowest BCUT2D eigenvalue weighted by molar-refractivity contribution is 0.195. The van der Waals surface area contributed by atoms with Gasteiger partial charge in [0.2, 0.25) is 0 Å². The van der Waals surface area contributed by atoms with Crippen LogP contribution in [0.1, 0.15) is 19.8 Å². The Balaban J connectivity index is 2.25. The number of nitrogens with zero attached hydrogens (tertiary/aromatic N) is 2. The van der Waals surface area contributed by atoms with E-state index in [9.17, 15) is 0 Å². The van der Waals surface area contributed by atoms with Gasteiger partial charge in [-0.2, -0.15) is 0 Å². The van der Waals surface area contributed by atoms with Crippen LogP contribution in [0.2, 0.25) is 0 Å². The van der Waals surface area contributed by atoms with Gasteiger partial charge in [-0.3, -0.25) is 4.99 Å². The molecular formula is C13H28N4O. The summed E-state index contributed by atoms with van der Waals surface area (Å²) in [5, 5.41) is 6.62. The highest BCUT2D eigenvalue weighted by Crippen LogP contribution is 2.13. The van der Waals surface area contributed by atoms with Crippen LogP contribution in [0, 0.1) is 5.92 Å². The zero-order chi connectivity index (χ0) is 13.2. The molecular weight excluding hydrogens is 228 g/mol. The fourth-order valence-electron chi connectivity index (χ4n) is 2.16. The van der Waals surface area contributed by atoms with E-state index in [0.29, 0.717) is 5.92 Å². The quantitative estimate of drug-likeness (QED) is 0.396. The number of nitrogens with one attached hydrogen (secondary N) is 2. The molecule has 0 spiro atoms. The van der Waals surface area contributed by atoms with E-state index in [2.05, 4.69) is 34.5 Å². The minimum Gasteiger partial charge on any atom is -0.385 e. The van der Waals surface area contributed by atoms with E-state index in [1.165, 1.54) is 19.5 Å². The third kappa shape index (κ3) is 6.21. The number of hydrogen-bond acceptors (Lipinski definition) is 3. The minimum atomic E-state index is 0.712. The summed E-state index contributed by atoms with van der Waals surface area (Å²) >= 11 is 0. The average Bonchev–Trinajstić information content (AvgIpc) is 2.77. The Hall–Kier alpha value is -0.810. The standard InChI is InChI=1S/C13H28N4O/c1-4-14-13(15-7-5-9-18-3)16-10-12-6-8-17(2)11-12/h12H,4-11H2,1-3H3,(H2,14,15,16). The van der Waals surface area contributed by atoms with Crippen molar-refractivity contribution in [1.82, 2.24) is 15.5 Å². The predicted octanol–water partition coefficient (Wildman–Crippen LogP) is 0.530. The zero-order valence-corrected chi connectivity index (χ0v) is 12.0. The number of hydrogen-bond donors (Lipinski definition) is 2. The zero-order valence-electron chi connectivity index (χ0n) is 12.0. The first-order valence-corrected chi connectivity index (χ1v) is 6.96. The van der Waals surface area contributed by atoms with Gasteiger partial charge in [0.05, 0.1) is 0 Å². The van der Waals surface area contributed by atoms with E-state index in [4.69, 9.17) is 4.74 Å². The van der Waals surface area contributed by atoms with Gasteiger partial charge in [-0.15, -0.1) is 0 Å². The summed E-state index contributed by atoms with van der Waals surface area (Å²) < 4.78 is 5.03. The Kier molecular flexibility index (Phi) is 7.76. The van der Waals surface area contributed by atoms with Crippen LogP contribution in [0.15, 0.2) is 4.99 Å². The summed E-state index contributed by atoms with van der Waals surface area (Å²) in [6, 6.07) is 0. The van der Waals surface area contributed by atoms with Crippen molar-refractivity contribution in [3.63, 3.8) is 0 Å². The fourth-order valence-corrected chi connectivity index (χ4v) is 2.16. The maximum absolute atomic E-state index is 5.03. The van der Waals surface area contributed by atoms with Crippen molar-refractivity contribution in [3.05, 3.63) is 0 Å². The largest absolute Gasteiger partial charge is 0.385 e. The molecule has 5 nitrogen and oxygen atoms in total. The highest BCUT2D eigenvalue weighted by molar-refractivity contribution is 5.79. The third-order valence-corrected chi connectivity index (χ3v) is 3.16. The molecule has 1 heterocycles. The second-order valence-corrected chi connectivity index (χ2v) is 4.91. The fraction of sp³-hybridized carbons (Fsp3) is 0.923. The van der Waals surface area contributed by atoms with Crippen molar-refractivity contribution >= 4 is 5.96 Å². The molecule has 0 bridgehead atoms. The SMILES string of the molecule is CCNC(=NCC1CCN(C)C1)NCCCOC. The van der Waals surface area contributed by atoms with E-state index in [-0.39, 0.29) is 0 Å². The van der Waals surface area contributed by atoms with Gasteiger partial charge in [0.25, 0.3) is 0 Å². The van der Waals surface area contributed by atoms with Crippen LogP contribution in [-0.2, 0) is 4.74 Å². The Labute approximate surface area is 111 Å². The van der Waals surface area contributed by atoms with E-state index in [1.807, 2.05) is 0 Å². The van der Waals surface area contributed by atoms with Crippen molar-refractivity contribution in [1.29, 1.82) is 0 Å². The van der Waals surface area contributed by atoms with Gasteiger partial charge < -0.3 is 20.3 Å². The van der Waals surface area contributed by atoms with E-state index >= 15 is 0 Å². The molecule has 1 atom stereocenters. The lowest BCUT2D eigenvalue weighted by atomic mass is 10.1. The van der Waals surface area contributed by atoms with Crippen molar-refractivity contribution < 1.29 is 4.74 Å². The van der Waals surface area contributed by atoms with Crippen molar-refractivity contribution in [2.45, 2.75) is 19.8 Å². The Morgan fingerprint density at radius 2 is 2.28 bits per heavy atom. The van der Waals surface area contributed by atoms with Crippen LogP contribution >= 0.6 is 0 Å². The first-order chi connectivity index (χ1) is 8.76. The van der Waals surface area contributed by atoms with Crippen LogP contribution in [-0.4, -0.2) is 64.3 Å². The average molecular weight is 256 g/mol. The molecule has 1 rings (SSSR count). The first kappa shape index (κ1) is 15.2. The van der Waals surface area contributed by atoms with E-state index in [1.54, 1.807) is 7.11 Å². The van der Waals surface area contributed by atoms with Crippen LogP contribution in [0.3, 0.4) is 0 Å². The maximum Gasteiger partial charge on any atom is 0.191 e. The Morgan fingerprint density at radius 1 is 1.44 bits per heavy atom. The highest BCUT2D eigenvalue weighted by Gasteiger charge is 2.18. The molecule has 1 aliphatic heterocycles. The van der Waals surface area contributed by atoms with Gasteiger partial charge >= 0.3 is 0 Å². The highest BCUT2D eigenvalue weighted by atomic mass is 16.5. The summed E-state index contributed by atoms with van der Waals surface area (Å²) in [5.74, 6) is 1.65. The molecule has 0 aliphatic carbocycles. The maximum atomic E-state index is 5.03. The summed E-state index contributed by atoms with van der Waals surface area (Å²) in [7, 11) is 3.91.